The van der Waals surface area contributed by atoms with E-state index >= 15 is 0 Å². The van der Waals surface area contributed by atoms with Crippen LogP contribution in [0.25, 0.3) is 10.9 Å². The number of methoxy groups -OCH3 is 1. The number of pyridine rings is 1. The van der Waals surface area contributed by atoms with Crippen LogP contribution in [0, 0.1) is 29.5 Å². The molecule has 2 aromatic carbocycles. The van der Waals surface area contributed by atoms with Gasteiger partial charge in [-0.2, -0.15) is 0 Å². The number of carboxylic acid groups (broad SMARTS) is 1. The number of aliphatic hydroxyl groups is 1. The number of carbonyl (C=O) groups is 1. The number of benzene rings is 2. The van der Waals surface area contributed by atoms with Crippen LogP contribution in [0.3, 0.4) is 0 Å². The number of likely N-dealkylation sites (tertiary alicyclic amines) is 1. The van der Waals surface area contributed by atoms with Gasteiger partial charge in [-0.05, 0) is 92.1 Å². The molecule has 1 unspecified atom stereocenters. The minimum Gasteiger partial charge on any atom is -0.497 e. The monoisotopic (exact) mass is 538 g/mol. The van der Waals surface area contributed by atoms with Crippen molar-refractivity contribution in [1.82, 2.24) is 9.88 Å². The van der Waals surface area contributed by atoms with Gasteiger partial charge in [-0.25, -0.2) is 4.39 Å². The first-order valence-electron chi connectivity index (χ1n) is 12.8. The Morgan fingerprint density at radius 3 is 2.84 bits per heavy atom. The number of aromatic nitrogens is 1. The van der Waals surface area contributed by atoms with Gasteiger partial charge >= 0.3 is 5.97 Å². The highest BCUT2D eigenvalue weighted by molar-refractivity contribution is 6.30. The van der Waals surface area contributed by atoms with E-state index in [9.17, 15) is 19.4 Å². The molecule has 1 aliphatic rings. The largest absolute Gasteiger partial charge is 0.497 e. The molecule has 38 heavy (non-hydrogen) atoms. The van der Waals surface area contributed by atoms with E-state index in [4.69, 9.17) is 16.3 Å². The Labute approximate surface area is 227 Å². The van der Waals surface area contributed by atoms with Gasteiger partial charge in [0.05, 0.1) is 30.3 Å². The number of aliphatic hydroxyl groups excluding tert-OH is 1. The maximum atomic E-state index is 13.4. The number of hydrogen-bond donors (Lipinski definition) is 2. The maximum Gasteiger partial charge on any atom is 0.303 e. The lowest BCUT2D eigenvalue weighted by molar-refractivity contribution is -0.137. The first kappa shape index (κ1) is 27.8. The molecule has 0 saturated carbocycles. The molecule has 1 aromatic heterocycles. The molecular weight excluding hydrogens is 507 g/mol. The van der Waals surface area contributed by atoms with Crippen LogP contribution in [0.2, 0.25) is 5.02 Å². The zero-order chi connectivity index (χ0) is 27.1. The zero-order valence-electron chi connectivity index (χ0n) is 21.4. The van der Waals surface area contributed by atoms with Gasteiger partial charge in [0, 0.05) is 30.1 Å². The van der Waals surface area contributed by atoms with Crippen molar-refractivity contribution in [3.63, 3.8) is 0 Å². The third kappa shape index (κ3) is 7.22. The number of nitrogens with zero attached hydrogens (tertiary/aromatic N) is 2. The topological polar surface area (TPSA) is 82.9 Å². The van der Waals surface area contributed by atoms with Gasteiger partial charge < -0.3 is 14.9 Å². The number of halogens is 2. The van der Waals surface area contributed by atoms with Crippen LogP contribution in [0.1, 0.15) is 49.3 Å². The van der Waals surface area contributed by atoms with Crippen molar-refractivity contribution in [3.8, 4) is 17.6 Å². The average molecular weight is 539 g/mol. The van der Waals surface area contributed by atoms with E-state index in [1.54, 1.807) is 19.4 Å². The molecule has 4 rings (SSSR count). The number of carboxylic acids is 1. The van der Waals surface area contributed by atoms with E-state index in [0.29, 0.717) is 36.6 Å². The molecule has 3 aromatic rings. The van der Waals surface area contributed by atoms with Crippen LogP contribution in [0.5, 0.6) is 5.75 Å². The number of piperidine rings is 1. The third-order valence-corrected chi connectivity index (χ3v) is 7.60. The summed E-state index contributed by atoms with van der Waals surface area (Å²) < 4.78 is 18.7. The summed E-state index contributed by atoms with van der Waals surface area (Å²) in [5.41, 5.74) is 2.28. The molecule has 0 spiro atoms. The molecule has 1 saturated heterocycles. The summed E-state index contributed by atoms with van der Waals surface area (Å²) in [7, 11) is 1.61. The molecule has 6 nitrogen and oxygen atoms in total. The second-order valence-electron chi connectivity index (χ2n) is 9.78. The molecule has 1 fully saturated rings. The van der Waals surface area contributed by atoms with Crippen LogP contribution < -0.4 is 4.74 Å². The molecule has 0 aliphatic carbocycles. The predicted molar refractivity (Wildman–Crippen MR) is 146 cm³/mol. The first-order chi connectivity index (χ1) is 18.3. The molecule has 0 bridgehead atoms. The summed E-state index contributed by atoms with van der Waals surface area (Å²) in [4.78, 5) is 17.9. The van der Waals surface area contributed by atoms with Crippen LogP contribution in [0.4, 0.5) is 4.39 Å². The molecule has 1 aliphatic heterocycles. The van der Waals surface area contributed by atoms with Crippen LogP contribution in [-0.4, -0.2) is 52.8 Å². The molecule has 2 heterocycles. The number of fused-ring (bicyclic) bond motifs is 1. The number of hydrogen-bond acceptors (Lipinski definition) is 5. The lowest BCUT2D eigenvalue weighted by atomic mass is 9.79. The Hall–Kier alpha value is -3.18. The summed E-state index contributed by atoms with van der Waals surface area (Å²) in [5.74, 6) is 6.13. The molecule has 8 heteroatoms. The minimum atomic E-state index is -0.800. The van der Waals surface area contributed by atoms with E-state index < -0.39 is 17.9 Å². The lowest BCUT2D eigenvalue weighted by Crippen LogP contribution is -2.41. The van der Waals surface area contributed by atoms with Crippen molar-refractivity contribution in [2.24, 2.45) is 11.8 Å². The third-order valence-electron chi connectivity index (χ3n) is 7.31. The Balaban J connectivity index is 1.39. The van der Waals surface area contributed by atoms with Gasteiger partial charge in [-0.3, -0.25) is 14.7 Å². The van der Waals surface area contributed by atoms with Crippen LogP contribution in [0.15, 0.2) is 48.7 Å². The Morgan fingerprint density at radius 2 is 2.08 bits per heavy atom. The fourth-order valence-corrected chi connectivity index (χ4v) is 5.42. The van der Waals surface area contributed by atoms with Crippen molar-refractivity contribution in [1.29, 1.82) is 0 Å². The summed E-state index contributed by atoms with van der Waals surface area (Å²) in [5, 5.41) is 21.3. The molecule has 0 radical (unpaired) electrons. The predicted octanol–water partition coefficient (Wildman–Crippen LogP) is 5.70. The molecule has 200 valence electrons. The number of ether oxygens (including phenoxy) is 1. The van der Waals surface area contributed by atoms with E-state index in [1.807, 2.05) is 24.3 Å². The van der Waals surface area contributed by atoms with Crippen molar-refractivity contribution in [2.45, 2.75) is 38.2 Å². The molecule has 0 amide bonds. The van der Waals surface area contributed by atoms with E-state index in [0.717, 1.165) is 42.4 Å². The van der Waals surface area contributed by atoms with Crippen molar-refractivity contribution < 1.29 is 24.1 Å². The quantitative estimate of drug-likeness (QED) is 0.340. The van der Waals surface area contributed by atoms with E-state index in [1.165, 1.54) is 12.1 Å². The Morgan fingerprint density at radius 1 is 1.24 bits per heavy atom. The molecule has 3 atom stereocenters. The summed E-state index contributed by atoms with van der Waals surface area (Å²) in [6, 6.07) is 11.9. The first-order valence-corrected chi connectivity index (χ1v) is 13.2. The van der Waals surface area contributed by atoms with Gasteiger partial charge in [-0.15, -0.1) is 0 Å². The van der Waals surface area contributed by atoms with Gasteiger partial charge in [0.1, 0.15) is 11.6 Å². The van der Waals surface area contributed by atoms with Crippen LogP contribution in [-0.2, 0) is 4.79 Å². The fourth-order valence-electron chi connectivity index (χ4n) is 5.23. The number of rotatable bonds is 9. The Kier molecular flexibility index (Phi) is 9.57. The van der Waals surface area contributed by atoms with Gasteiger partial charge in [-0.1, -0.05) is 23.4 Å². The van der Waals surface area contributed by atoms with E-state index in [-0.39, 0.29) is 17.4 Å². The second-order valence-corrected chi connectivity index (χ2v) is 10.2. The number of aliphatic carboxylic acids is 1. The molecule has 2 N–H and O–H groups in total. The highest BCUT2D eigenvalue weighted by Crippen LogP contribution is 2.35. The summed E-state index contributed by atoms with van der Waals surface area (Å²) in [6.45, 7) is 2.14. The standard InChI is InChI=1S/C30H32ClFN2O4/c1-38-23-7-9-28-25(18-23)24(12-14-33-28)29(35)10-5-21-13-16-34(19-22(21)6-11-30(36)37)15-2-3-20-4-8-27(32)26(31)17-20/h4,7-9,12,14,17-18,21-22,29,35H,5-6,10-11,13,15-16,19H2,1H3,(H,36,37)/t21-,22+,29?/m1/s1. The molecular formula is C30H32ClFN2O4. The SMILES string of the molecule is COc1ccc2nccc(C(O)CC[C@@H]3CCN(CC#Cc4ccc(F)c(Cl)c4)C[C@@H]3CCC(=O)O)c2c1. The van der Waals surface area contributed by atoms with Gasteiger partial charge in [0.15, 0.2) is 0 Å². The van der Waals surface area contributed by atoms with Crippen molar-refractivity contribution >= 4 is 28.5 Å². The zero-order valence-corrected chi connectivity index (χ0v) is 22.1. The van der Waals surface area contributed by atoms with Crippen LogP contribution >= 0.6 is 11.6 Å². The summed E-state index contributed by atoms with van der Waals surface area (Å²) >= 11 is 5.84. The normalized spacial score (nSPS) is 18.5. The smallest absolute Gasteiger partial charge is 0.303 e. The van der Waals surface area contributed by atoms with Gasteiger partial charge in [0.2, 0.25) is 0 Å². The highest BCUT2D eigenvalue weighted by atomic mass is 35.5. The van der Waals surface area contributed by atoms with Crippen molar-refractivity contribution in [3.05, 3.63) is 70.6 Å². The Bertz CT molecular complexity index is 1340. The maximum absolute atomic E-state index is 13.4. The summed E-state index contributed by atoms with van der Waals surface area (Å²) in [6.07, 6.45) is 4.05. The second kappa shape index (κ2) is 13.1. The minimum absolute atomic E-state index is 0.0486. The van der Waals surface area contributed by atoms with Gasteiger partial charge in [0.25, 0.3) is 0 Å². The average Bonchev–Trinajstić information content (AvgIpc) is 2.92. The van der Waals surface area contributed by atoms with Crippen molar-refractivity contribution in [2.75, 3.05) is 26.7 Å². The lowest BCUT2D eigenvalue weighted by Gasteiger charge is -2.38. The van der Waals surface area contributed by atoms with E-state index in [2.05, 4.69) is 21.7 Å². The fraction of sp³-hybridized carbons (Fsp3) is 0.400. The highest BCUT2D eigenvalue weighted by Gasteiger charge is 2.30.